The maximum Gasteiger partial charge on any atom is 0.327 e. The predicted octanol–water partition coefficient (Wildman–Crippen LogP) is 3.10. The van der Waals surface area contributed by atoms with E-state index in [1.807, 2.05) is 0 Å². The lowest BCUT2D eigenvalue weighted by molar-refractivity contribution is -0.146. The lowest BCUT2D eigenvalue weighted by Gasteiger charge is -2.22. The number of carbonyl (C=O) groups is 1. The van der Waals surface area contributed by atoms with E-state index in [9.17, 15) is 13.6 Å². The van der Waals surface area contributed by atoms with E-state index in [1.165, 1.54) is 12.1 Å². The van der Waals surface area contributed by atoms with Crippen LogP contribution in [0.5, 0.6) is 0 Å². The summed E-state index contributed by atoms with van der Waals surface area (Å²) in [5.41, 5.74) is 0.271. The molecule has 1 aromatic rings. The molecular formula is C15H19F2NO2. The molecule has 1 aliphatic carbocycles. The van der Waals surface area contributed by atoms with Gasteiger partial charge in [-0.2, -0.15) is 0 Å². The van der Waals surface area contributed by atoms with E-state index in [0.717, 1.165) is 31.7 Å². The lowest BCUT2D eigenvalue weighted by Crippen LogP contribution is -2.36. The summed E-state index contributed by atoms with van der Waals surface area (Å²) in [6, 6.07) is 2.51. The topological polar surface area (TPSA) is 38.3 Å². The molecule has 1 fully saturated rings. The second-order valence-electron chi connectivity index (χ2n) is 5.04. The van der Waals surface area contributed by atoms with Crippen LogP contribution in [0.25, 0.3) is 0 Å². The van der Waals surface area contributed by atoms with Gasteiger partial charge < -0.3 is 4.74 Å². The maximum atomic E-state index is 13.3. The van der Waals surface area contributed by atoms with Crippen molar-refractivity contribution in [3.63, 3.8) is 0 Å². The third-order valence-electron chi connectivity index (χ3n) is 3.50. The molecule has 1 aromatic carbocycles. The Kier molecular flexibility index (Phi) is 5.06. The molecule has 0 aromatic heterocycles. The van der Waals surface area contributed by atoms with Gasteiger partial charge >= 0.3 is 5.97 Å². The molecule has 0 spiro atoms. The van der Waals surface area contributed by atoms with Crippen molar-refractivity contribution >= 4 is 5.97 Å². The van der Waals surface area contributed by atoms with Gasteiger partial charge in [0.2, 0.25) is 0 Å². The molecule has 1 N–H and O–H groups in total. The van der Waals surface area contributed by atoms with E-state index in [1.54, 1.807) is 6.92 Å². The predicted molar refractivity (Wildman–Crippen MR) is 71.1 cm³/mol. The van der Waals surface area contributed by atoms with Crippen LogP contribution in [0.2, 0.25) is 0 Å². The first kappa shape index (κ1) is 14.9. The Morgan fingerprint density at radius 1 is 1.30 bits per heavy atom. The summed E-state index contributed by atoms with van der Waals surface area (Å²) in [6.45, 7) is 1.94. The van der Waals surface area contributed by atoms with E-state index < -0.39 is 23.6 Å². The fourth-order valence-corrected chi connectivity index (χ4v) is 2.60. The molecule has 1 unspecified atom stereocenters. The van der Waals surface area contributed by atoms with Crippen molar-refractivity contribution in [3.8, 4) is 0 Å². The number of carbonyl (C=O) groups excluding carboxylic acids is 1. The minimum Gasteiger partial charge on any atom is -0.465 e. The van der Waals surface area contributed by atoms with Crippen molar-refractivity contribution in [2.75, 3.05) is 6.61 Å². The number of hydrogen-bond donors (Lipinski definition) is 1. The number of benzene rings is 1. The smallest absolute Gasteiger partial charge is 0.327 e. The van der Waals surface area contributed by atoms with Crippen molar-refractivity contribution in [2.24, 2.45) is 0 Å². The largest absolute Gasteiger partial charge is 0.465 e. The molecule has 0 bridgehead atoms. The number of nitrogens with one attached hydrogen (secondary N) is 1. The van der Waals surface area contributed by atoms with E-state index in [4.69, 9.17) is 4.74 Å². The zero-order valence-corrected chi connectivity index (χ0v) is 11.5. The minimum absolute atomic E-state index is 0.190. The van der Waals surface area contributed by atoms with Crippen LogP contribution in [0.1, 0.15) is 44.2 Å². The van der Waals surface area contributed by atoms with Gasteiger partial charge in [0.25, 0.3) is 0 Å². The van der Waals surface area contributed by atoms with Gasteiger partial charge in [-0.25, -0.2) is 13.6 Å². The fraction of sp³-hybridized carbons (Fsp3) is 0.533. The first-order chi connectivity index (χ1) is 9.60. The molecule has 0 aliphatic heterocycles. The highest BCUT2D eigenvalue weighted by molar-refractivity contribution is 5.77. The minimum atomic E-state index is -0.816. The highest BCUT2D eigenvalue weighted by Gasteiger charge is 2.27. The molecule has 1 saturated carbocycles. The van der Waals surface area contributed by atoms with Gasteiger partial charge in [-0.05, 0) is 37.5 Å². The molecule has 3 nitrogen and oxygen atoms in total. The van der Waals surface area contributed by atoms with Crippen LogP contribution in [0.4, 0.5) is 8.78 Å². The first-order valence-electron chi connectivity index (χ1n) is 6.99. The Morgan fingerprint density at radius 3 is 2.45 bits per heavy atom. The third kappa shape index (κ3) is 3.76. The molecule has 0 saturated heterocycles. The third-order valence-corrected chi connectivity index (χ3v) is 3.50. The van der Waals surface area contributed by atoms with Gasteiger partial charge in [-0.1, -0.05) is 12.8 Å². The molecule has 0 radical (unpaired) electrons. The van der Waals surface area contributed by atoms with E-state index in [0.29, 0.717) is 0 Å². The fourth-order valence-electron chi connectivity index (χ4n) is 2.60. The molecule has 110 valence electrons. The average molecular weight is 283 g/mol. The van der Waals surface area contributed by atoms with Crippen LogP contribution < -0.4 is 5.32 Å². The summed E-state index contributed by atoms with van der Waals surface area (Å²) >= 11 is 0. The zero-order chi connectivity index (χ0) is 14.5. The van der Waals surface area contributed by atoms with Gasteiger partial charge in [0.05, 0.1) is 6.61 Å². The first-order valence-corrected chi connectivity index (χ1v) is 6.99. The zero-order valence-electron chi connectivity index (χ0n) is 11.5. The maximum absolute atomic E-state index is 13.3. The van der Waals surface area contributed by atoms with Gasteiger partial charge in [0, 0.05) is 12.1 Å². The van der Waals surface area contributed by atoms with Gasteiger partial charge in [0.15, 0.2) is 0 Å². The van der Waals surface area contributed by atoms with E-state index >= 15 is 0 Å². The molecule has 0 amide bonds. The summed E-state index contributed by atoms with van der Waals surface area (Å²) in [5.74, 6) is -1.88. The van der Waals surface area contributed by atoms with Crippen LogP contribution >= 0.6 is 0 Å². The summed E-state index contributed by atoms with van der Waals surface area (Å²) in [5, 5.41) is 3.16. The number of esters is 1. The van der Waals surface area contributed by atoms with Crippen molar-refractivity contribution in [1.29, 1.82) is 0 Å². The molecular weight excluding hydrogens is 264 g/mol. The van der Waals surface area contributed by atoms with E-state index in [2.05, 4.69) is 5.32 Å². The van der Waals surface area contributed by atoms with Gasteiger partial charge in [-0.15, -0.1) is 0 Å². The van der Waals surface area contributed by atoms with Gasteiger partial charge in [0.1, 0.15) is 17.7 Å². The Morgan fingerprint density at radius 2 is 1.90 bits per heavy atom. The molecule has 0 heterocycles. The second kappa shape index (κ2) is 6.79. The normalized spacial score (nSPS) is 17.1. The highest BCUT2D eigenvalue weighted by Crippen LogP contribution is 2.24. The van der Waals surface area contributed by atoms with Crippen LogP contribution in [0, 0.1) is 11.6 Å². The highest BCUT2D eigenvalue weighted by atomic mass is 19.1. The van der Waals surface area contributed by atoms with Crippen LogP contribution in [-0.2, 0) is 9.53 Å². The molecule has 1 aliphatic rings. The number of hydrogen-bond acceptors (Lipinski definition) is 3. The summed E-state index contributed by atoms with van der Waals surface area (Å²) < 4.78 is 31.7. The van der Waals surface area contributed by atoms with Crippen molar-refractivity contribution in [2.45, 2.75) is 44.7 Å². The Bertz CT molecular complexity index is 453. The van der Waals surface area contributed by atoms with Crippen LogP contribution in [0.3, 0.4) is 0 Å². The SMILES string of the molecule is CCOC(=O)C(NC1CCCC1)c1cc(F)cc(F)c1. The average Bonchev–Trinajstić information content (AvgIpc) is 2.87. The quantitative estimate of drug-likeness (QED) is 0.844. The Hall–Kier alpha value is -1.49. The van der Waals surface area contributed by atoms with E-state index in [-0.39, 0.29) is 18.2 Å². The summed E-state index contributed by atoms with van der Waals surface area (Å²) in [6.07, 6.45) is 4.14. The molecule has 20 heavy (non-hydrogen) atoms. The number of halogens is 2. The van der Waals surface area contributed by atoms with Crippen molar-refractivity contribution in [3.05, 3.63) is 35.4 Å². The lowest BCUT2D eigenvalue weighted by atomic mass is 10.0. The van der Waals surface area contributed by atoms with Crippen LogP contribution in [0.15, 0.2) is 18.2 Å². The Labute approximate surface area is 117 Å². The Balaban J connectivity index is 2.21. The molecule has 1 atom stereocenters. The number of rotatable bonds is 5. The van der Waals surface area contributed by atoms with Crippen molar-refractivity contribution < 1.29 is 18.3 Å². The van der Waals surface area contributed by atoms with Gasteiger partial charge in [-0.3, -0.25) is 5.32 Å². The van der Waals surface area contributed by atoms with Crippen molar-refractivity contribution in [1.82, 2.24) is 5.32 Å². The van der Waals surface area contributed by atoms with Crippen LogP contribution in [-0.4, -0.2) is 18.6 Å². The standard InChI is InChI=1S/C15H19F2NO2/c1-2-20-15(19)14(18-13-5-3-4-6-13)10-7-11(16)9-12(17)8-10/h7-9,13-14,18H,2-6H2,1H3. The molecule has 5 heteroatoms. The summed E-state index contributed by atoms with van der Waals surface area (Å²) in [4.78, 5) is 12.0. The second-order valence-corrected chi connectivity index (χ2v) is 5.04. The molecule has 2 rings (SSSR count). The number of ether oxygens (including phenoxy) is 1. The summed E-state index contributed by atoms with van der Waals surface area (Å²) in [7, 11) is 0. The monoisotopic (exact) mass is 283 g/mol.